The number of non-ortho nitro benzene ring substituents is 1. The predicted molar refractivity (Wildman–Crippen MR) is 207 cm³/mol. The van der Waals surface area contributed by atoms with Gasteiger partial charge < -0.3 is 4.57 Å². The van der Waals surface area contributed by atoms with Gasteiger partial charge in [-0.15, -0.1) is 5.10 Å². The molecule has 0 saturated heterocycles. The van der Waals surface area contributed by atoms with Crippen molar-refractivity contribution in [2.24, 2.45) is 62.6 Å². The molecule has 9 rings (SSSR count). The van der Waals surface area contributed by atoms with Crippen LogP contribution in [-0.2, 0) is 6.54 Å². The number of aromatic nitrogens is 5. The zero-order chi connectivity index (χ0) is 36.6. The van der Waals surface area contributed by atoms with Crippen molar-refractivity contribution in [3.8, 4) is 0 Å². The molecule has 0 bridgehead atoms. The van der Waals surface area contributed by atoms with Crippen LogP contribution in [0.3, 0.4) is 0 Å². The van der Waals surface area contributed by atoms with E-state index in [0.717, 1.165) is 58.4 Å². The van der Waals surface area contributed by atoms with Crippen LogP contribution in [-0.4, -0.2) is 29.5 Å². The molecule has 278 valence electrons. The highest BCUT2D eigenvalue weighted by molar-refractivity contribution is 5.79. The molecule has 2 heterocycles. The maximum atomic E-state index is 11.9. The maximum Gasteiger partial charge on any atom is 0.271 e. The molecule has 0 radical (unpaired) electrons. The van der Waals surface area contributed by atoms with E-state index in [1.807, 2.05) is 28.9 Å². The lowest BCUT2D eigenvalue weighted by Gasteiger charge is -2.73. The van der Waals surface area contributed by atoms with Crippen LogP contribution in [0.2, 0.25) is 0 Å². The fraction of sp³-hybridized carbons (Fsp3) is 0.705. The molecular formula is C44H60N6O2. The quantitative estimate of drug-likeness (QED) is 0.152. The minimum absolute atomic E-state index is 0.000000740. The zero-order valence-corrected chi connectivity index (χ0v) is 32.9. The zero-order valence-electron chi connectivity index (χ0n) is 32.9. The summed E-state index contributed by atoms with van der Waals surface area (Å²) in [4.78, 5) is 16.7. The summed E-state index contributed by atoms with van der Waals surface area (Å²) in [5.41, 5.74) is 5.15. The number of para-hydroxylation sites is 1. The van der Waals surface area contributed by atoms with E-state index in [2.05, 4.69) is 76.3 Å². The summed E-state index contributed by atoms with van der Waals surface area (Å²) in [6, 6.07) is 13.5. The Labute approximate surface area is 309 Å². The van der Waals surface area contributed by atoms with Crippen LogP contribution in [0.25, 0.3) is 22.1 Å². The summed E-state index contributed by atoms with van der Waals surface area (Å²) in [5, 5.41) is 20.8. The van der Waals surface area contributed by atoms with Crippen LogP contribution in [0.5, 0.6) is 0 Å². The molecule has 1 unspecified atom stereocenters. The van der Waals surface area contributed by atoms with Gasteiger partial charge in [0.05, 0.1) is 21.5 Å². The average Bonchev–Trinajstić information content (AvgIpc) is 3.78. The van der Waals surface area contributed by atoms with Crippen LogP contribution in [0, 0.1) is 72.7 Å². The van der Waals surface area contributed by atoms with E-state index >= 15 is 0 Å². The van der Waals surface area contributed by atoms with E-state index in [1.165, 1.54) is 57.8 Å². The third-order valence-electron chi connectivity index (χ3n) is 17.7. The highest BCUT2D eigenvalue weighted by Gasteiger charge is 2.70. The van der Waals surface area contributed by atoms with Gasteiger partial charge in [0.2, 0.25) is 0 Å². The van der Waals surface area contributed by atoms with Gasteiger partial charge in [-0.2, -0.15) is 0 Å². The molecule has 5 aliphatic carbocycles. The van der Waals surface area contributed by atoms with Gasteiger partial charge in [0.25, 0.3) is 5.69 Å². The van der Waals surface area contributed by atoms with Crippen molar-refractivity contribution in [3.63, 3.8) is 0 Å². The Morgan fingerprint density at radius 1 is 0.827 bits per heavy atom. The molecule has 0 spiro atoms. The molecule has 0 amide bonds. The highest BCUT2D eigenvalue weighted by atomic mass is 16.6. The number of fused-ring (bicyclic) bond motifs is 9. The van der Waals surface area contributed by atoms with Gasteiger partial charge in [-0.1, -0.05) is 72.7 Å². The first kappa shape index (κ1) is 34.5. The number of rotatable bonds is 5. The summed E-state index contributed by atoms with van der Waals surface area (Å²) in [6.45, 7) is 21.5. The molecular weight excluding hydrogens is 645 g/mol. The lowest BCUT2D eigenvalue weighted by atomic mass is 9.32. The molecule has 0 aliphatic heterocycles. The lowest BCUT2D eigenvalue weighted by molar-refractivity contribution is -0.384. The number of nitro benzene ring substituents is 1. The third kappa shape index (κ3) is 4.53. The Balaban J connectivity index is 1.09. The molecule has 2 aromatic heterocycles. The molecule has 52 heavy (non-hydrogen) atoms. The maximum absolute atomic E-state index is 11.9. The van der Waals surface area contributed by atoms with E-state index in [0.29, 0.717) is 34.2 Å². The Bertz CT molecular complexity index is 2060. The molecule has 2 aromatic carbocycles. The van der Waals surface area contributed by atoms with E-state index in [1.54, 1.807) is 12.1 Å². The number of nitro groups is 1. The standard InChI is InChI=1S/C44H60N6O2/c1-27(2)29-17-20-41(5)23-24-43(7)30(39(29)41)14-16-36-42(6)21-19-37(40(3,4)35(42)18-22-44(36,43)8)49-34-15-13-28(50(51)52)25-32(34)45-38(49)26-48-33-12-10-9-11-31(33)46-47-48/h9-13,15,25,27,29-30,35-37,39H,14,16-24,26H2,1-8H3/t29-,30+,35-,36+,37?,39+,41+,42-,43+,44+/m0/s1. The minimum Gasteiger partial charge on any atom is -0.323 e. The van der Waals surface area contributed by atoms with Crippen LogP contribution in [0.1, 0.15) is 131 Å². The number of hydrogen-bond donors (Lipinski definition) is 0. The van der Waals surface area contributed by atoms with Crippen LogP contribution < -0.4 is 0 Å². The van der Waals surface area contributed by atoms with E-state index in [9.17, 15) is 10.1 Å². The van der Waals surface area contributed by atoms with Gasteiger partial charge in [-0.3, -0.25) is 10.1 Å². The van der Waals surface area contributed by atoms with Gasteiger partial charge in [0, 0.05) is 18.2 Å². The van der Waals surface area contributed by atoms with Crippen molar-refractivity contribution in [2.75, 3.05) is 0 Å². The monoisotopic (exact) mass is 704 g/mol. The van der Waals surface area contributed by atoms with Crippen molar-refractivity contribution in [1.82, 2.24) is 24.5 Å². The topological polar surface area (TPSA) is 91.7 Å². The second kappa shape index (κ2) is 11.4. The predicted octanol–water partition coefficient (Wildman–Crippen LogP) is 11.0. The third-order valence-corrected chi connectivity index (χ3v) is 17.7. The molecule has 8 nitrogen and oxygen atoms in total. The fourth-order valence-electron chi connectivity index (χ4n) is 15.1. The van der Waals surface area contributed by atoms with Crippen LogP contribution >= 0.6 is 0 Å². The van der Waals surface area contributed by atoms with Crippen molar-refractivity contribution >= 4 is 27.8 Å². The molecule has 5 aliphatic rings. The Morgan fingerprint density at radius 2 is 1.62 bits per heavy atom. The van der Waals surface area contributed by atoms with E-state index in [4.69, 9.17) is 4.98 Å². The largest absolute Gasteiger partial charge is 0.323 e. The lowest BCUT2D eigenvalue weighted by Crippen LogP contribution is -2.66. The van der Waals surface area contributed by atoms with Gasteiger partial charge >= 0.3 is 0 Å². The molecule has 4 aromatic rings. The van der Waals surface area contributed by atoms with Crippen LogP contribution in [0.15, 0.2) is 42.5 Å². The molecule has 10 atom stereocenters. The van der Waals surface area contributed by atoms with Gasteiger partial charge in [-0.05, 0) is 145 Å². The molecule has 0 N–H and O–H groups in total. The normalized spacial score (nSPS) is 39.6. The summed E-state index contributed by atoms with van der Waals surface area (Å²) in [6.07, 6.45) is 13.4. The van der Waals surface area contributed by atoms with E-state index in [-0.39, 0.29) is 27.5 Å². The second-order valence-corrected chi connectivity index (χ2v) is 20.2. The first-order chi connectivity index (χ1) is 24.6. The minimum atomic E-state index is -0.310. The molecule has 5 fully saturated rings. The Kier molecular flexibility index (Phi) is 7.53. The van der Waals surface area contributed by atoms with Crippen LogP contribution in [0.4, 0.5) is 5.69 Å². The van der Waals surface area contributed by atoms with E-state index < -0.39 is 0 Å². The Hall–Kier alpha value is -3.29. The number of benzene rings is 2. The van der Waals surface area contributed by atoms with Crippen molar-refractivity contribution in [2.45, 2.75) is 132 Å². The summed E-state index contributed by atoms with van der Waals surface area (Å²) in [5.74, 6) is 5.61. The van der Waals surface area contributed by atoms with Crippen molar-refractivity contribution in [1.29, 1.82) is 0 Å². The van der Waals surface area contributed by atoms with Crippen molar-refractivity contribution < 1.29 is 4.92 Å². The Morgan fingerprint density at radius 3 is 2.38 bits per heavy atom. The first-order valence-corrected chi connectivity index (χ1v) is 20.6. The number of nitrogens with zero attached hydrogens (tertiary/aromatic N) is 6. The van der Waals surface area contributed by atoms with Gasteiger partial charge in [0.15, 0.2) is 0 Å². The molecule has 5 saturated carbocycles. The number of hydrogen-bond acceptors (Lipinski definition) is 5. The average molecular weight is 705 g/mol. The second-order valence-electron chi connectivity index (χ2n) is 20.2. The molecule has 8 heteroatoms. The smallest absolute Gasteiger partial charge is 0.271 e. The highest BCUT2D eigenvalue weighted by Crippen LogP contribution is 2.78. The fourth-order valence-corrected chi connectivity index (χ4v) is 15.1. The van der Waals surface area contributed by atoms with Gasteiger partial charge in [0.1, 0.15) is 17.9 Å². The van der Waals surface area contributed by atoms with Crippen molar-refractivity contribution in [3.05, 3.63) is 58.4 Å². The van der Waals surface area contributed by atoms with Gasteiger partial charge in [-0.25, -0.2) is 9.67 Å². The summed E-state index contributed by atoms with van der Waals surface area (Å²) >= 11 is 0. The summed E-state index contributed by atoms with van der Waals surface area (Å²) in [7, 11) is 0. The first-order valence-electron chi connectivity index (χ1n) is 20.6. The SMILES string of the molecule is CC(C)[C@@H]1CC[C@]2(C)CC[C@]3(C)[C@H](CC[C@@H]4[C@@]5(C)CCC(n6c(Cn7nnc8ccccc87)nc7cc([N+](=O)[O-])ccc76)C(C)(C)[C@@H]5CC[C@]43C)[C@@H]12. The summed E-state index contributed by atoms with van der Waals surface area (Å²) < 4.78 is 4.41. The number of imidazole rings is 1.